The highest BCUT2D eigenvalue weighted by Gasteiger charge is 2.19. The largest absolute Gasteiger partial charge is 0.467 e. The van der Waals surface area contributed by atoms with Gasteiger partial charge in [0.25, 0.3) is 0 Å². The lowest BCUT2D eigenvalue weighted by Gasteiger charge is -2.30. The summed E-state index contributed by atoms with van der Waals surface area (Å²) >= 11 is 6.18. The van der Waals surface area contributed by atoms with Gasteiger partial charge in [0.05, 0.1) is 6.20 Å². The number of piperidine rings is 1. The van der Waals surface area contributed by atoms with Gasteiger partial charge in [-0.15, -0.1) is 10.2 Å². The Labute approximate surface area is 165 Å². The Balaban J connectivity index is 1.77. The van der Waals surface area contributed by atoms with E-state index in [1.54, 1.807) is 12.3 Å². The quantitative estimate of drug-likeness (QED) is 0.573. The number of benzene rings is 1. The number of likely N-dealkylation sites (tertiary alicyclic amines) is 1. The van der Waals surface area contributed by atoms with Crippen LogP contribution in [0.5, 0.6) is 5.75 Å². The molecule has 0 radical (unpaired) electrons. The number of nitrogens with zero attached hydrogens (tertiary/aromatic N) is 4. The number of likely N-dealkylation sites (N-methyl/N-ethyl adjacent to an activating group) is 1. The number of nitrogens with one attached hydrogen (secondary N) is 1. The Morgan fingerprint density at radius 2 is 2.19 bits per heavy atom. The molecule has 0 aliphatic carbocycles. The Kier molecular flexibility index (Phi) is 6.82. The number of anilines is 1. The van der Waals surface area contributed by atoms with E-state index in [-0.39, 0.29) is 6.79 Å². The predicted octanol–water partition coefficient (Wildman–Crippen LogP) is 3.38. The smallest absolute Gasteiger partial charge is 0.242 e. The molecule has 1 unspecified atom stereocenters. The van der Waals surface area contributed by atoms with E-state index in [2.05, 4.69) is 32.4 Å². The van der Waals surface area contributed by atoms with E-state index in [4.69, 9.17) is 21.1 Å². The second-order valence-electron chi connectivity index (χ2n) is 6.76. The first kappa shape index (κ1) is 19.8. The number of halogens is 1. The minimum atomic E-state index is 0.152. The van der Waals surface area contributed by atoms with Crippen molar-refractivity contribution < 1.29 is 9.47 Å². The van der Waals surface area contributed by atoms with Crippen LogP contribution in [-0.2, 0) is 4.74 Å². The summed E-state index contributed by atoms with van der Waals surface area (Å²) in [7, 11) is 2.13. The van der Waals surface area contributed by atoms with Crippen LogP contribution >= 0.6 is 11.6 Å². The average Bonchev–Trinajstić information content (AvgIpc) is 2.63. The van der Waals surface area contributed by atoms with Gasteiger partial charge in [0.1, 0.15) is 11.4 Å². The molecule has 2 heterocycles. The van der Waals surface area contributed by atoms with Crippen LogP contribution in [0.1, 0.15) is 25.3 Å². The summed E-state index contributed by atoms with van der Waals surface area (Å²) in [5.41, 5.74) is 2.41. The molecule has 1 fully saturated rings. The highest BCUT2D eigenvalue weighted by atomic mass is 35.5. The van der Waals surface area contributed by atoms with Crippen LogP contribution < -0.4 is 10.1 Å². The van der Waals surface area contributed by atoms with E-state index >= 15 is 0 Å². The highest BCUT2D eigenvalue weighted by Crippen LogP contribution is 2.34. The first-order valence-electron chi connectivity index (χ1n) is 9.22. The van der Waals surface area contributed by atoms with Crippen molar-refractivity contribution >= 4 is 17.5 Å². The molecule has 27 heavy (non-hydrogen) atoms. The fraction of sp³-hybridized carbons (Fsp3) is 0.526. The van der Waals surface area contributed by atoms with Crippen LogP contribution in [0.15, 0.2) is 18.3 Å². The third kappa shape index (κ3) is 5.28. The molecule has 8 heteroatoms. The molecule has 1 atom stereocenters. The third-order valence-corrected chi connectivity index (χ3v) is 4.76. The van der Waals surface area contributed by atoms with E-state index in [1.807, 2.05) is 19.9 Å². The summed E-state index contributed by atoms with van der Waals surface area (Å²) < 4.78 is 11.0. The molecule has 1 aromatic carbocycles. The van der Waals surface area contributed by atoms with E-state index < -0.39 is 0 Å². The molecule has 0 bridgehead atoms. The van der Waals surface area contributed by atoms with Gasteiger partial charge in [-0.05, 0) is 58.0 Å². The van der Waals surface area contributed by atoms with Gasteiger partial charge in [0.15, 0.2) is 6.79 Å². The summed E-state index contributed by atoms with van der Waals surface area (Å²) in [5, 5.41) is 12.6. The van der Waals surface area contributed by atoms with Gasteiger partial charge in [-0.3, -0.25) is 0 Å². The molecule has 1 aromatic heterocycles. The zero-order chi connectivity index (χ0) is 19.2. The third-order valence-electron chi connectivity index (χ3n) is 4.54. The lowest BCUT2D eigenvalue weighted by atomic mass is 10.1. The van der Waals surface area contributed by atoms with Gasteiger partial charge in [0.2, 0.25) is 5.95 Å². The van der Waals surface area contributed by atoms with Crippen molar-refractivity contribution in [2.75, 3.05) is 38.9 Å². The second kappa shape index (κ2) is 9.30. The van der Waals surface area contributed by atoms with Crippen molar-refractivity contribution in [3.63, 3.8) is 0 Å². The van der Waals surface area contributed by atoms with Crippen molar-refractivity contribution in [1.29, 1.82) is 0 Å². The molecular formula is C19H26ClN5O2. The maximum absolute atomic E-state index is 6.18. The van der Waals surface area contributed by atoms with Crippen LogP contribution in [0.2, 0.25) is 5.02 Å². The molecule has 1 saturated heterocycles. The molecular weight excluding hydrogens is 366 g/mol. The fourth-order valence-corrected chi connectivity index (χ4v) is 3.53. The molecule has 0 amide bonds. The highest BCUT2D eigenvalue weighted by molar-refractivity contribution is 6.31. The standard InChI is InChI=1S/C19H26ClN5O2/c1-4-26-12-27-17-9-14(20)8-13(2)18(17)16-10-21-19(24-23-16)22-15-6-5-7-25(3)11-15/h8-10,15H,4-7,11-12H2,1-3H3,(H,21,22,24). The van der Waals surface area contributed by atoms with E-state index in [1.165, 1.54) is 6.42 Å². The maximum Gasteiger partial charge on any atom is 0.242 e. The lowest BCUT2D eigenvalue weighted by Crippen LogP contribution is -2.40. The SMILES string of the molecule is CCOCOc1cc(Cl)cc(C)c1-c1cnc(NC2CCCN(C)C2)nn1. The van der Waals surface area contributed by atoms with E-state index in [0.717, 1.165) is 30.6 Å². The fourth-order valence-electron chi connectivity index (χ4n) is 3.27. The molecule has 146 valence electrons. The Hall–Kier alpha value is -1.96. The molecule has 1 aliphatic rings. The summed E-state index contributed by atoms with van der Waals surface area (Å²) in [6.45, 7) is 6.72. The van der Waals surface area contributed by atoms with Crippen LogP contribution in [0.25, 0.3) is 11.3 Å². The lowest BCUT2D eigenvalue weighted by molar-refractivity contribution is 0.0227. The minimum Gasteiger partial charge on any atom is -0.467 e. The number of aromatic nitrogens is 3. The zero-order valence-corrected chi connectivity index (χ0v) is 16.8. The second-order valence-corrected chi connectivity index (χ2v) is 7.20. The normalized spacial score (nSPS) is 17.7. The minimum absolute atomic E-state index is 0.152. The number of hydrogen-bond acceptors (Lipinski definition) is 7. The summed E-state index contributed by atoms with van der Waals surface area (Å²) in [5.74, 6) is 1.15. The maximum atomic E-state index is 6.18. The molecule has 1 N–H and O–H groups in total. The number of aryl methyl sites for hydroxylation is 1. The van der Waals surface area contributed by atoms with Crippen molar-refractivity contribution in [2.24, 2.45) is 0 Å². The van der Waals surface area contributed by atoms with Crippen molar-refractivity contribution in [3.05, 3.63) is 28.9 Å². The Morgan fingerprint density at radius 3 is 2.89 bits per heavy atom. The van der Waals surface area contributed by atoms with Gasteiger partial charge in [-0.25, -0.2) is 4.98 Å². The molecule has 7 nitrogen and oxygen atoms in total. The van der Waals surface area contributed by atoms with Crippen LogP contribution in [0.3, 0.4) is 0 Å². The number of hydrogen-bond donors (Lipinski definition) is 1. The summed E-state index contributed by atoms with van der Waals surface area (Å²) in [6.07, 6.45) is 4.00. The van der Waals surface area contributed by atoms with Gasteiger partial charge in [-0.1, -0.05) is 11.6 Å². The van der Waals surface area contributed by atoms with Crippen LogP contribution in [0.4, 0.5) is 5.95 Å². The van der Waals surface area contributed by atoms with Gasteiger partial charge >= 0.3 is 0 Å². The van der Waals surface area contributed by atoms with Crippen molar-refractivity contribution in [2.45, 2.75) is 32.7 Å². The van der Waals surface area contributed by atoms with Gasteiger partial charge in [0, 0.05) is 29.8 Å². The van der Waals surface area contributed by atoms with E-state index in [9.17, 15) is 0 Å². The summed E-state index contributed by atoms with van der Waals surface area (Å²) in [6, 6.07) is 3.98. The van der Waals surface area contributed by atoms with Crippen molar-refractivity contribution in [3.8, 4) is 17.0 Å². The zero-order valence-electron chi connectivity index (χ0n) is 16.0. The first-order valence-corrected chi connectivity index (χ1v) is 9.60. The van der Waals surface area contributed by atoms with Gasteiger partial charge in [-0.2, -0.15) is 0 Å². The topological polar surface area (TPSA) is 72.4 Å². The van der Waals surface area contributed by atoms with Gasteiger partial charge < -0.3 is 19.7 Å². The average molecular weight is 392 g/mol. The number of rotatable bonds is 7. The van der Waals surface area contributed by atoms with Crippen LogP contribution in [-0.4, -0.2) is 59.7 Å². The molecule has 1 aliphatic heterocycles. The monoisotopic (exact) mass is 391 g/mol. The predicted molar refractivity (Wildman–Crippen MR) is 106 cm³/mol. The Morgan fingerprint density at radius 1 is 1.33 bits per heavy atom. The summed E-state index contributed by atoms with van der Waals surface area (Å²) in [4.78, 5) is 6.76. The van der Waals surface area contributed by atoms with Crippen LogP contribution in [0, 0.1) is 6.92 Å². The molecule has 0 saturated carbocycles. The van der Waals surface area contributed by atoms with Crippen molar-refractivity contribution in [1.82, 2.24) is 20.1 Å². The Bertz CT molecular complexity index is 757. The molecule has 3 rings (SSSR count). The van der Waals surface area contributed by atoms with E-state index in [0.29, 0.717) is 35.1 Å². The molecule has 0 spiro atoms. The number of ether oxygens (including phenoxy) is 2. The molecule has 2 aromatic rings. The first-order chi connectivity index (χ1) is 13.1.